The molecule has 1 aromatic heterocycles. The van der Waals surface area contributed by atoms with Gasteiger partial charge < -0.3 is 14.7 Å². The lowest BCUT2D eigenvalue weighted by Crippen LogP contribution is -2.45. The van der Waals surface area contributed by atoms with E-state index in [-0.39, 0.29) is 30.5 Å². The fourth-order valence-corrected chi connectivity index (χ4v) is 3.39. The second-order valence-electron chi connectivity index (χ2n) is 7.21. The number of aliphatic hydroxyl groups excluding tert-OH is 1. The number of hydrogen-bond acceptors (Lipinski definition) is 5. The second-order valence-corrected chi connectivity index (χ2v) is 7.21. The lowest BCUT2D eigenvalue weighted by Gasteiger charge is -2.36. The number of amides is 1. The maximum absolute atomic E-state index is 12.7. The van der Waals surface area contributed by atoms with E-state index < -0.39 is 6.10 Å². The van der Waals surface area contributed by atoms with Crippen molar-refractivity contribution < 1.29 is 14.6 Å². The number of hydrogen-bond donors (Lipinski definition) is 1. The minimum absolute atomic E-state index is 0.0667. The SMILES string of the molecule is Cc1cc(C)nc(OC[C@H](O)CN(C)C(=O)C2(C)CCCCC2)n1. The van der Waals surface area contributed by atoms with Crippen LogP contribution in [0, 0.1) is 19.3 Å². The normalized spacial score (nSPS) is 18.0. The summed E-state index contributed by atoms with van der Waals surface area (Å²) < 4.78 is 5.47. The molecule has 1 aromatic rings. The predicted octanol–water partition coefficient (Wildman–Crippen LogP) is 2.26. The van der Waals surface area contributed by atoms with Crippen LogP contribution in [0.3, 0.4) is 0 Å². The largest absolute Gasteiger partial charge is 0.461 e. The summed E-state index contributed by atoms with van der Waals surface area (Å²) in [5.41, 5.74) is 1.36. The van der Waals surface area contributed by atoms with Crippen molar-refractivity contribution in [2.45, 2.75) is 59.0 Å². The molecular weight excluding hydrogens is 306 g/mol. The molecule has 1 aliphatic carbocycles. The molecular formula is C18H29N3O3. The molecule has 6 nitrogen and oxygen atoms in total. The molecule has 1 fully saturated rings. The Balaban J connectivity index is 1.84. The molecule has 2 rings (SSSR count). The van der Waals surface area contributed by atoms with Gasteiger partial charge in [0, 0.05) is 30.4 Å². The Morgan fingerprint density at radius 1 is 1.29 bits per heavy atom. The van der Waals surface area contributed by atoms with Crippen molar-refractivity contribution in [2.75, 3.05) is 20.2 Å². The maximum atomic E-state index is 12.7. The Morgan fingerprint density at radius 2 is 1.88 bits per heavy atom. The van der Waals surface area contributed by atoms with Gasteiger partial charge in [-0.3, -0.25) is 4.79 Å². The number of aryl methyl sites for hydroxylation is 2. The smallest absolute Gasteiger partial charge is 0.316 e. The zero-order valence-corrected chi connectivity index (χ0v) is 15.2. The average molecular weight is 335 g/mol. The zero-order chi connectivity index (χ0) is 17.7. The summed E-state index contributed by atoms with van der Waals surface area (Å²) in [5.74, 6) is 0.115. The minimum atomic E-state index is -0.768. The van der Waals surface area contributed by atoms with Gasteiger partial charge >= 0.3 is 6.01 Å². The predicted molar refractivity (Wildman–Crippen MR) is 91.8 cm³/mol. The number of nitrogens with zero attached hydrogens (tertiary/aromatic N) is 3. The number of likely N-dealkylation sites (N-methyl/N-ethyl adjacent to an activating group) is 1. The summed E-state index contributed by atoms with van der Waals surface area (Å²) in [6.45, 7) is 6.10. The summed E-state index contributed by atoms with van der Waals surface area (Å²) in [4.78, 5) is 22.7. The second kappa shape index (κ2) is 7.92. The molecule has 0 aromatic carbocycles. The third-order valence-electron chi connectivity index (χ3n) is 4.67. The van der Waals surface area contributed by atoms with E-state index in [1.54, 1.807) is 11.9 Å². The van der Waals surface area contributed by atoms with E-state index in [1.165, 1.54) is 6.42 Å². The van der Waals surface area contributed by atoms with E-state index in [4.69, 9.17) is 4.74 Å². The first-order valence-corrected chi connectivity index (χ1v) is 8.69. The Morgan fingerprint density at radius 3 is 2.46 bits per heavy atom. The third kappa shape index (κ3) is 4.90. The van der Waals surface area contributed by atoms with Crippen LogP contribution in [0.4, 0.5) is 0 Å². The molecule has 1 atom stereocenters. The summed E-state index contributed by atoms with van der Waals surface area (Å²) in [5, 5.41) is 10.2. The van der Waals surface area contributed by atoms with Crippen LogP contribution in [-0.4, -0.2) is 52.2 Å². The minimum Gasteiger partial charge on any atom is -0.461 e. The number of ether oxygens (including phenoxy) is 1. The van der Waals surface area contributed by atoms with Gasteiger partial charge in [-0.25, -0.2) is 9.97 Å². The van der Waals surface area contributed by atoms with E-state index >= 15 is 0 Å². The van der Waals surface area contributed by atoms with Crippen LogP contribution in [0.2, 0.25) is 0 Å². The third-order valence-corrected chi connectivity index (χ3v) is 4.67. The quantitative estimate of drug-likeness (QED) is 0.863. The van der Waals surface area contributed by atoms with Crippen molar-refractivity contribution in [3.63, 3.8) is 0 Å². The van der Waals surface area contributed by atoms with Crippen molar-refractivity contribution in [3.8, 4) is 6.01 Å². The van der Waals surface area contributed by atoms with Crippen LogP contribution in [-0.2, 0) is 4.79 Å². The molecule has 1 N–H and O–H groups in total. The molecule has 0 bridgehead atoms. The molecule has 0 spiro atoms. The highest BCUT2D eigenvalue weighted by atomic mass is 16.5. The summed E-state index contributed by atoms with van der Waals surface area (Å²) >= 11 is 0. The number of carbonyl (C=O) groups excluding carboxylic acids is 1. The van der Waals surface area contributed by atoms with Gasteiger partial charge in [0.05, 0.1) is 0 Å². The van der Waals surface area contributed by atoms with Gasteiger partial charge in [0.15, 0.2) is 0 Å². The highest BCUT2D eigenvalue weighted by Crippen LogP contribution is 2.37. The Hall–Kier alpha value is -1.69. The first-order valence-electron chi connectivity index (χ1n) is 8.69. The summed E-state index contributed by atoms with van der Waals surface area (Å²) in [6, 6.07) is 2.13. The van der Waals surface area contributed by atoms with Crippen molar-refractivity contribution in [1.29, 1.82) is 0 Å². The molecule has 1 aliphatic rings. The first-order chi connectivity index (χ1) is 11.3. The van der Waals surface area contributed by atoms with Crippen LogP contribution in [0.25, 0.3) is 0 Å². The van der Waals surface area contributed by atoms with Crippen LogP contribution in [0.1, 0.15) is 50.4 Å². The highest BCUT2D eigenvalue weighted by molar-refractivity contribution is 5.82. The fourth-order valence-electron chi connectivity index (χ4n) is 3.39. The number of aliphatic hydroxyl groups is 1. The monoisotopic (exact) mass is 335 g/mol. The van der Waals surface area contributed by atoms with Crippen LogP contribution in [0.5, 0.6) is 6.01 Å². The molecule has 0 saturated heterocycles. The van der Waals surface area contributed by atoms with Crippen molar-refractivity contribution in [1.82, 2.24) is 14.9 Å². The number of rotatable bonds is 6. The van der Waals surface area contributed by atoms with Gasteiger partial charge in [-0.1, -0.05) is 26.2 Å². The fraction of sp³-hybridized carbons (Fsp3) is 0.722. The highest BCUT2D eigenvalue weighted by Gasteiger charge is 2.36. The van der Waals surface area contributed by atoms with Gasteiger partial charge in [0.1, 0.15) is 12.7 Å². The van der Waals surface area contributed by atoms with Crippen molar-refractivity contribution >= 4 is 5.91 Å². The van der Waals surface area contributed by atoms with Gasteiger partial charge in [-0.15, -0.1) is 0 Å². The zero-order valence-electron chi connectivity index (χ0n) is 15.2. The molecule has 134 valence electrons. The maximum Gasteiger partial charge on any atom is 0.316 e. The molecule has 6 heteroatoms. The van der Waals surface area contributed by atoms with E-state index in [2.05, 4.69) is 9.97 Å². The van der Waals surface area contributed by atoms with E-state index in [9.17, 15) is 9.90 Å². The van der Waals surface area contributed by atoms with Crippen LogP contribution in [0.15, 0.2) is 6.07 Å². The van der Waals surface area contributed by atoms with E-state index in [1.807, 2.05) is 26.8 Å². The summed E-state index contributed by atoms with van der Waals surface area (Å²) in [7, 11) is 1.75. The van der Waals surface area contributed by atoms with Crippen molar-refractivity contribution in [2.24, 2.45) is 5.41 Å². The molecule has 1 heterocycles. The number of carbonyl (C=O) groups is 1. The number of aromatic nitrogens is 2. The van der Waals surface area contributed by atoms with Gasteiger partial charge in [-0.2, -0.15) is 0 Å². The van der Waals surface area contributed by atoms with Crippen LogP contribution < -0.4 is 4.74 Å². The first kappa shape index (κ1) is 18.6. The summed E-state index contributed by atoms with van der Waals surface area (Å²) in [6.07, 6.45) is 4.50. The van der Waals surface area contributed by atoms with E-state index in [0.717, 1.165) is 37.1 Å². The molecule has 0 unspecified atom stereocenters. The molecule has 0 aliphatic heterocycles. The lowest BCUT2D eigenvalue weighted by molar-refractivity contribution is -0.143. The molecule has 0 radical (unpaired) electrons. The Bertz CT molecular complexity index is 550. The van der Waals surface area contributed by atoms with Gasteiger partial charge in [-0.05, 0) is 32.8 Å². The van der Waals surface area contributed by atoms with Gasteiger partial charge in [0.25, 0.3) is 0 Å². The Kier molecular flexibility index (Phi) is 6.15. The van der Waals surface area contributed by atoms with Crippen molar-refractivity contribution in [3.05, 3.63) is 17.5 Å². The average Bonchev–Trinajstić information content (AvgIpc) is 2.52. The lowest BCUT2D eigenvalue weighted by atomic mass is 9.74. The molecule has 1 amide bonds. The van der Waals surface area contributed by atoms with Crippen LogP contribution >= 0.6 is 0 Å². The molecule has 24 heavy (non-hydrogen) atoms. The van der Waals surface area contributed by atoms with Gasteiger partial charge in [0.2, 0.25) is 5.91 Å². The topological polar surface area (TPSA) is 75.6 Å². The Labute approximate surface area is 144 Å². The van der Waals surface area contributed by atoms with E-state index in [0.29, 0.717) is 0 Å². The molecule has 1 saturated carbocycles. The standard InChI is InChI=1S/C18H29N3O3/c1-13-10-14(2)20-17(19-13)24-12-15(22)11-21(4)16(23)18(3)8-6-5-7-9-18/h10,15,22H,5-9,11-12H2,1-4H3/t15-/m1/s1.